The smallest absolute Gasteiger partial charge is 0.253 e. The van der Waals surface area contributed by atoms with Crippen LogP contribution in [0, 0.1) is 12.8 Å². The molecule has 2 nitrogen and oxygen atoms in total. The van der Waals surface area contributed by atoms with E-state index in [1.165, 1.54) is 25.7 Å². The van der Waals surface area contributed by atoms with Crippen LogP contribution in [0.15, 0.2) is 22.7 Å². The van der Waals surface area contributed by atoms with Gasteiger partial charge in [0.25, 0.3) is 5.91 Å². The molecule has 1 amide bonds. The fourth-order valence-electron chi connectivity index (χ4n) is 2.66. The average molecular weight is 310 g/mol. The Labute approximate surface area is 117 Å². The summed E-state index contributed by atoms with van der Waals surface area (Å²) in [5.74, 6) is 0.841. The molecule has 1 aliphatic rings. The Hall–Kier alpha value is -0.830. The molecule has 3 heteroatoms. The fourth-order valence-corrected chi connectivity index (χ4v) is 2.91. The van der Waals surface area contributed by atoms with E-state index >= 15 is 0 Å². The van der Waals surface area contributed by atoms with Gasteiger partial charge in [0.2, 0.25) is 0 Å². The SMILES string of the molecule is Cc1cc(C(=O)N(C)CC2CCCC2)ccc1Br. The van der Waals surface area contributed by atoms with Crippen molar-refractivity contribution in [1.82, 2.24) is 4.90 Å². The van der Waals surface area contributed by atoms with Crippen molar-refractivity contribution in [1.29, 1.82) is 0 Å². The molecule has 98 valence electrons. The summed E-state index contributed by atoms with van der Waals surface area (Å²) in [5, 5.41) is 0. The molecule has 0 saturated heterocycles. The van der Waals surface area contributed by atoms with E-state index < -0.39 is 0 Å². The van der Waals surface area contributed by atoms with Crippen molar-refractivity contribution in [2.45, 2.75) is 32.6 Å². The Balaban J connectivity index is 2.02. The number of halogens is 1. The van der Waals surface area contributed by atoms with Gasteiger partial charge in [-0.05, 0) is 49.4 Å². The highest BCUT2D eigenvalue weighted by Gasteiger charge is 2.20. The van der Waals surface area contributed by atoms with Crippen LogP contribution in [0.25, 0.3) is 0 Å². The highest BCUT2D eigenvalue weighted by Crippen LogP contribution is 2.26. The number of aryl methyl sites for hydroxylation is 1. The maximum absolute atomic E-state index is 12.3. The Morgan fingerprint density at radius 3 is 2.67 bits per heavy atom. The van der Waals surface area contributed by atoms with Crippen molar-refractivity contribution in [3.63, 3.8) is 0 Å². The zero-order chi connectivity index (χ0) is 13.1. The highest BCUT2D eigenvalue weighted by atomic mass is 79.9. The average Bonchev–Trinajstić information content (AvgIpc) is 2.84. The van der Waals surface area contributed by atoms with Gasteiger partial charge in [-0.3, -0.25) is 4.79 Å². The number of rotatable bonds is 3. The van der Waals surface area contributed by atoms with Crippen LogP contribution >= 0.6 is 15.9 Å². The van der Waals surface area contributed by atoms with Gasteiger partial charge in [-0.15, -0.1) is 0 Å². The van der Waals surface area contributed by atoms with Crippen molar-refractivity contribution in [3.05, 3.63) is 33.8 Å². The van der Waals surface area contributed by atoms with E-state index in [0.29, 0.717) is 5.92 Å². The summed E-state index contributed by atoms with van der Waals surface area (Å²) in [6.45, 7) is 2.91. The first-order chi connectivity index (χ1) is 8.58. The number of nitrogens with zero attached hydrogens (tertiary/aromatic N) is 1. The van der Waals surface area contributed by atoms with Crippen LogP contribution in [-0.2, 0) is 0 Å². The van der Waals surface area contributed by atoms with Crippen molar-refractivity contribution in [2.75, 3.05) is 13.6 Å². The minimum absolute atomic E-state index is 0.137. The van der Waals surface area contributed by atoms with Gasteiger partial charge in [0, 0.05) is 23.6 Å². The molecule has 18 heavy (non-hydrogen) atoms. The largest absolute Gasteiger partial charge is 0.341 e. The monoisotopic (exact) mass is 309 g/mol. The van der Waals surface area contributed by atoms with Crippen LogP contribution < -0.4 is 0 Å². The van der Waals surface area contributed by atoms with E-state index in [0.717, 1.165) is 22.1 Å². The van der Waals surface area contributed by atoms with Crippen molar-refractivity contribution in [2.24, 2.45) is 5.92 Å². The van der Waals surface area contributed by atoms with Crippen molar-refractivity contribution >= 4 is 21.8 Å². The number of hydrogen-bond donors (Lipinski definition) is 0. The minimum atomic E-state index is 0.137. The molecular formula is C15H20BrNO. The number of hydrogen-bond acceptors (Lipinski definition) is 1. The first kappa shape index (κ1) is 13.6. The molecule has 0 unspecified atom stereocenters. The van der Waals surface area contributed by atoms with Gasteiger partial charge in [0.05, 0.1) is 0 Å². The number of amides is 1. The van der Waals surface area contributed by atoms with Gasteiger partial charge in [-0.2, -0.15) is 0 Å². The van der Waals surface area contributed by atoms with E-state index in [9.17, 15) is 4.79 Å². The maximum atomic E-state index is 12.3. The topological polar surface area (TPSA) is 20.3 Å². The lowest BCUT2D eigenvalue weighted by Crippen LogP contribution is -2.31. The molecule has 0 atom stereocenters. The van der Waals surface area contributed by atoms with Crippen LogP contribution in [-0.4, -0.2) is 24.4 Å². The first-order valence-corrected chi connectivity index (χ1v) is 7.39. The molecule has 0 heterocycles. The molecule has 0 aromatic heterocycles. The van der Waals surface area contributed by atoms with Gasteiger partial charge in [-0.1, -0.05) is 28.8 Å². The predicted octanol–water partition coefficient (Wildman–Crippen LogP) is 4.02. The third-order valence-corrected chi connectivity index (χ3v) is 4.65. The predicted molar refractivity (Wildman–Crippen MR) is 77.8 cm³/mol. The molecule has 0 radical (unpaired) electrons. The summed E-state index contributed by atoms with van der Waals surface area (Å²) in [4.78, 5) is 14.2. The van der Waals surface area contributed by atoms with Crippen LogP contribution in [0.1, 0.15) is 41.6 Å². The summed E-state index contributed by atoms with van der Waals surface area (Å²) in [6.07, 6.45) is 5.20. The fraction of sp³-hybridized carbons (Fsp3) is 0.533. The second-order valence-electron chi connectivity index (χ2n) is 5.30. The van der Waals surface area contributed by atoms with E-state index in [1.807, 2.05) is 37.1 Å². The Kier molecular flexibility index (Phi) is 4.44. The lowest BCUT2D eigenvalue weighted by atomic mass is 10.1. The van der Waals surface area contributed by atoms with Gasteiger partial charge < -0.3 is 4.90 Å². The lowest BCUT2D eigenvalue weighted by molar-refractivity contribution is 0.0773. The van der Waals surface area contributed by atoms with Gasteiger partial charge in [0.15, 0.2) is 0 Å². The molecule has 0 aliphatic heterocycles. The Morgan fingerprint density at radius 1 is 1.39 bits per heavy atom. The first-order valence-electron chi connectivity index (χ1n) is 6.59. The molecule has 0 bridgehead atoms. The summed E-state index contributed by atoms with van der Waals surface area (Å²) in [6, 6.07) is 5.80. The van der Waals surface area contributed by atoms with Crippen molar-refractivity contribution < 1.29 is 4.79 Å². The van der Waals surface area contributed by atoms with Gasteiger partial charge in [0.1, 0.15) is 0 Å². The molecule has 1 aliphatic carbocycles. The van der Waals surface area contributed by atoms with Crippen LogP contribution in [0.5, 0.6) is 0 Å². The zero-order valence-corrected chi connectivity index (χ0v) is 12.7. The van der Waals surface area contributed by atoms with E-state index in [-0.39, 0.29) is 5.91 Å². The molecular weight excluding hydrogens is 290 g/mol. The third kappa shape index (κ3) is 3.14. The van der Waals surface area contributed by atoms with E-state index in [1.54, 1.807) is 0 Å². The molecule has 0 N–H and O–H groups in total. The molecule has 1 fully saturated rings. The van der Waals surface area contributed by atoms with Crippen molar-refractivity contribution in [3.8, 4) is 0 Å². The number of benzene rings is 1. The normalized spacial score (nSPS) is 15.9. The van der Waals surface area contributed by atoms with Gasteiger partial charge in [-0.25, -0.2) is 0 Å². The minimum Gasteiger partial charge on any atom is -0.341 e. The summed E-state index contributed by atoms with van der Waals surface area (Å²) >= 11 is 3.46. The summed E-state index contributed by atoms with van der Waals surface area (Å²) < 4.78 is 1.05. The van der Waals surface area contributed by atoms with E-state index in [2.05, 4.69) is 15.9 Å². The summed E-state index contributed by atoms with van der Waals surface area (Å²) in [5.41, 5.74) is 1.89. The molecule has 2 rings (SSSR count). The van der Waals surface area contributed by atoms with Crippen LogP contribution in [0.4, 0.5) is 0 Å². The maximum Gasteiger partial charge on any atom is 0.253 e. The summed E-state index contributed by atoms with van der Waals surface area (Å²) in [7, 11) is 1.91. The number of carbonyl (C=O) groups excluding carboxylic acids is 1. The Bertz CT molecular complexity index is 438. The zero-order valence-electron chi connectivity index (χ0n) is 11.1. The molecule has 1 saturated carbocycles. The number of carbonyl (C=O) groups is 1. The highest BCUT2D eigenvalue weighted by molar-refractivity contribution is 9.10. The molecule has 1 aromatic carbocycles. The van der Waals surface area contributed by atoms with Gasteiger partial charge >= 0.3 is 0 Å². The molecule has 0 spiro atoms. The van der Waals surface area contributed by atoms with E-state index in [4.69, 9.17) is 0 Å². The van der Waals surface area contributed by atoms with Crippen LogP contribution in [0.2, 0.25) is 0 Å². The Morgan fingerprint density at radius 2 is 2.06 bits per heavy atom. The molecule has 1 aromatic rings. The van der Waals surface area contributed by atoms with Crippen LogP contribution in [0.3, 0.4) is 0 Å². The quantitative estimate of drug-likeness (QED) is 0.826. The third-order valence-electron chi connectivity index (χ3n) is 3.76. The lowest BCUT2D eigenvalue weighted by Gasteiger charge is -2.21. The standard InChI is InChI=1S/C15H20BrNO/c1-11-9-13(7-8-14(11)16)15(18)17(2)10-12-5-3-4-6-12/h7-9,12H,3-6,10H2,1-2H3. The second-order valence-corrected chi connectivity index (χ2v) is 6.15. The second kappa shape index (κ2) is 5.87.